The van der Waals surface area contributed by atoms with Crippen LogP contribution in [0.3, 0.4) is 0 Å². The molecule has 0 spiro atoms. The van der Waals surface area contributed by atoms with Gasteiger partial charge in [-0.25, -0.2) is 0 Å². The van der Waals surface area contributed by atoms with Gasteiger partial charge in [-0.2, -0.15) is 0 Å². The van der Waals surface area contributed by atoms with E-state index in [0.29, 0.717) is 6.04 Å². The summed E-state index contributed by atoms with van der Waals surface area (Å²) in [4.78, 5) is 6.07. The molecule has 1 saturated heterocycles. The Morgan fingerprint density at radius 2 is 2.00 bits per heavy atom. The van der Waals surface area contributed by atoms with E-state index in [2.05, 4.69) is 52.5 Å². The topological polar surface area (TPSA) is 31.1 Å². The van der Waals surface area contributed by atoms with Gasteiger partial charge in [0.05, 0.1) is 0 Å². The normalized spacial score (nSPS) is 18.4. The molecule has 3 rings (SSSR count). The predicted octanol–water partition coefficient (Wildman–Crippen LogP) is 3.13. The molecule has 2 aromatic rings. The van der Waals surface area contributed by atoms with Crippen LogP contribution in [0.25, 0.3) is 10.9 Å². The van der Waals surface area contributed by atoms with E-state index in [9.17, 15) is 0 Å². The van der Waals surface area contributed by atoms with E-state index in [1.807, 2.05) is 0 Å². The van der Waals surface area contributed by atoms with E-state index in [4.69, 9.17) is 0 Å². The molecule has 0 aliphatic carbocycles. The first-order valence-corrected chi connectivity index (χ1v) is 7.83. The molecule has 1 aliphatic heterocycles. The number of likely N-dealkylation sites (tertiary alicyclic amines) is 1. The van der Waals surface area contributed by atoms with Crippen molar-refractivity contribution in [1.82, 2.24) is 15.2 Å². The first-order chi connectivity index (χ1) is 9.81. The third-order valence-electron chi connectivity index (χ3n) is 4.21. The zero-order valence-corrected chi connectivity index (χ0v) is 12.4. The lowest BCUT2D eigenvalue weighted by molar-refractivity contribution is 0.208. The fourth-order valence-electron chi connectivity index (χ4n) is 3.11. The molecule has 2 heterocycles. The van der Waals surface area contributed by atoms with E-state index >= 15 is 0 Å². The third-order valence-corrected chi connectivity index (χ3v) is 4.21. The Balaban J connectivity index is 1.50. The summed E-state index contributed by atoms with van der Waals surface area (Å²) in [7, 11) is 0. The van der Waals surface area contributed by atoms with E-state index in [0.717, 1.165) is 6.54 Å². The minimum absolute atomic E-state index is 0.541. The Kier molecular flexibility index (Phi) is 4.38. The standard InChI is InChI=1S/C17H25N3/c1-14(13-20-9-5-2-6-10-20)18-12-16-11-15-7-3-4-8-17(15)19-16/h3-4,7-8,11,14,18-19H,2,5-6,9-10,12-13H2,1H3. The average molecular weight is 271 g/mol. The van der Waals surface area contributed by atoms with Crippen LogP contribution in [-0.2, 0) is 6.54 Å². The van der Waals surface area contributed by atoms with Gasteiger partial charge >= 0.3 is 0 Å². The molecular weight excluding hydrogens is 246 g/mol. The maximum Gasteiger partial charge on any atom is 0.0456 e. The molecule has 1 aromatic carbocycles. The second kappa shape index (κ2) is 6.42. The van der Waals surface area contributed by atoms with Crippen molar-refractivity contribution in [2.75, 3.05) is 19.6 Å². The van der Waals surface area contributed by atoms with Crippen LogP contribution in [0.1, 0.15) is 31.9 Å². The second-order valence-corrected chi connectivity index (χ2v) is 6.03. The van der Waals surface area contributed by atoms with Crippen LogP contribution in [0.5, 0.6) is 0 Å². The quantitative estimate of drug-likeness (QED) is 0.875. The van der Waals surface area contributed by atoms with Crippen molar-refractivity contribution in [2.45, 2.75) is 38.8 Å². The number of para-hydroxylation sites is 1. The third kappa shape index (κ3) is 3.41. The first-order valence-electron chi connectivity index (χ1n) is 7.83. The van der Waals surface area contributed by atoms with Gasteiger partial charge < -0.3 is 15.2 Å². The zero-order valence-electron chi connectivity index (χ0n) is 12.4. The zero-order chi connectivity index (χ0) is 13.8. The number of hydrogen-bond donors (Lipinski definition) is 2. The minimum Gasteiger partial charge on any atom is -0.357 e. The maximum atomic E-state index is 3.63. The molecule has 1 atom stereocenters. The summed E-state index contributed by atoms with van der Waals surface area (Å²) in [6.07, 6.45) is 4.15. The summed E-state index contributed by atoms with van der Waals surface area (Å²) < 4.78 is 0. The number of aromatic nitrogens is 1. The summed E-state index contributed by atoms with van der Waals surface area (Å²) >= 11 is 0. The summed E-state index contributed by atoms with van der Waals surface area (Å²) in [5.74, 6) is 0. The van der Waals surface area contributed by atoms with Crippen LogP contribution < -0.4 is 5.32 Å². The largest absolute Gasteiger partial charge is 0.357 e. The van der Waals surface area contributed by atoms with Crippen molar-refractivity contribution in [1.29, 1.82) is 0 Å². The Bertz CT molecular complexity index is 507. The van der Waals surface area contributed by atoms with Crippen molar-refractivity contribution in [2.24, 2.45) is 0 Å². The molecule has 0 radical (unpaired) electrons. The van der Waals surface area contributed by atoms with Gasteiger partial charge in [0.15, 0.2) is 0 Å². The number of nitrogens with one attached hydrogen (secondary N) is 2. The molecule has 20 heavy (non-hydrogen) atoms. The number of H-pyrrole nitrogens is 1. The molecular formula is C17H25N3. The Morgan fingerprint density at radius 3 is 2.80 bits per heavy atom. The van der Waals surface area contributed by atoms with Gasteiger partial charge in [-0.05, 0) is 50.4 Å². The molecule has 0 saturated carbocycles. The van der Waals surface area contributed by atoms with Crippen molar-refractivity contribution in [3.63, 3.8) is 0 Å². The number of nitrogens with zero attached hydrogens (tertiary/aromatic N) is 1. The maximum absolute atomic E-state index is 3.63. The lowest BCUT2D eigenvalue weighted by Crippen LogP contribution is -2.41. The molecule has 0 bridgehead atoms. The molecule has 108 valence electrons. The monoisotopic (exact) mass is 271 g/mol. The molecule has 0 amide bonds. The lowest BCUT2D eigenvalue weighted by Gasteiger charge is -2.29. The molecule has 3 heteroatoms. The molecule has 1 fully saturated rings. The van der Waals surface area contributed by atoms with Gasteiger partial charge in [0, 0.05) is 30.3 Å². The van der Waals surface area contributed by atoms with Crippen molar-refractivity contribution >= 4 is 10.9 Å². The number of hydrogen-bond acceptors (Lipinski definition) is 2. The number of piperidine rings is 1. The minimum atomic E-state index is 0.541. The first kappa shape index (κ1) is 13.7. The van der Waals surface area contributed by atoms with E-state index in [1.165, 1.54) is 55.5 Å². The van der Waals surface area contributed by atoms with Crippen LogP contribution in [0.2, 0.25) is 0 Å². The fraction of sp³-hybridized carbons (Fsp3) is 0.529. The lowest BCUT2D eigenvalue weighted by atomic mass is 10.1. The number of fused-ring (bicyclic) bond motifs is 1. The Hall–Kier alpha value is -1.32. The Morgan fingerprint density at radius 1 is 1.20 bits per heavy atom. The highest BCUT2D eigenvalue weighted by Gasteiger charge is 2.13. The second-order valence-electron chi connectivity index (χ2n) is 6.03. The van der Waals surface area contributed by atoms with Crippen LogP contribution in [0.15, 0.2) is 30.3 Å². The van der Waals surface area contributed by atoms with E-state index in [-0.39, 0.29) is 0 Å². The average Bonchev–Trinajstić information content (AvgIpc) is 2.89. The molecule has 2 N–H and O–H groups in total. The van der Waals surface area contributed by atoms with Crippen molar-refractivity contribution < 1.29 is 0 Å². The van der Waals surface area contributed by atoms with Gasteiger partial charge in [-0.15, -0.1) is 0 Å². The van der Waals surface area contributed by atoms with E-state index < -0.39 is 0 Å². The number of benzene rings is 1. The SMILES string of the molecule is CC(CN1CCCCC1)NCc1cc2ccccc2[nH]1. The highest BCUT2D eigenvalue weighted by Crippen LogP contribution is 2.14. The van der Waals surface area contributed by atoms with Gasteiger partial charge in [0.1, 0.15) is 0 Å². The molecule has 1 unspecified atom stereocenters. The van der Waals surface area contributed by atoms with Crippen molar-refractivity contribution in [3.05, 3.63) is 36.0 Å². The Labute approximate surface area is 121 Å². The van der Waals surface area contributed by atoms with Crippen LogP contribution in [-0.4, -0.2) is 35.6 Å². The number of rotatable bonds is 5. The highest BCUT2D eigenvalue weighted by molar-refractivity contribution is 5.80. The molecule has 1 aliphatic rings. The van der Waals surface area contributed by atoms with Gasteiger partial charge in [-0.3, -0.25) is 0 Å². The van der Waals surface area contributed by atoms with Crippen molar-refractivity contribution in [3.8, 4) is 0 Å². The van der Waals surface area contributed by atoms with Crippen LogP contribution >= 0.6 is 0 Å². The number of aromatic amines is 1. The fourth-order valence-corrected chi connectivity index (χ4v) is 3.11. The van der Waals surface area contributed by atoms with Gasteiger partial charge in [0.25, 0.3) is 0 Å². The smallest absolute Gasteiger partial charge is 0.0456 e. The highest BCUT2D eigenvalue weighted by atomic mass is 15.1. The van der Waals surface area contributed by atoms with Gasteiger partial charge in [-0.1, -0.05) is 24.6 Å². The summed E-state index contributed by atoms with van der Waals surface area (Å²) in [6, 6.07) is 11.2. The molecule has 3 nitrogen and oxygen atoms in total. The van der Waals surface area contributed by atoms with Gasteiger partial charge in [0.2, 0.25) is 0 Å². The summed E-state index contributed by atoms with van der Waals surface area (Å²) in [6.45, 7) is 6.93. The summed E-state index contributed by atoms with van der Waals surface area (Å²) in [5, 5.41) is 4.93. The summed E-state index contributed by atoms with van der Waals surface area (Å²) in [5.41, 5.74) is 2.50. The van der Waals surface area contributed by atoms with Crippen LogP contribution in [0.4, 0.5) is 0 Å². The van der Waals surface area contributed by atoms with Crippen LogP contribution in [0, 0.1) is 0 Å². The predicted molar refractivity (Wildman–Crippen MR) is 84.9 cm³/mol. The molecule has 1 aromatic heterocycles. The van der Waals surface area contributed by atoms with E-state index in [1.54, 1.807) is 0 Å².